The second-order valence-corrected chi connectivity index (χ2v) is 8.10. The Morgan fingerprint density at radius 3 is 2.96 bits per heavy atom. The summed E-state index contributed by atoms with van der Waals surface area (Å²) in [5.74, 6) is 0.705. The maximum atomic E-state index is 12.7. The third kappa shape index (κ3) is 2.99. The van der Waals surface area contributed by atoms with Crippen LogP contribution in [0.1, 0.15) is 59.4 Å². The van der Waals surface area contributed by atoms with E-state index in [1.807, 2.05) is 36.4 Å². The third-order valence-corrected chi connectivity index (χ3v) is 6.12. The minimum absolute atomic E-state index is 0.0734. The van der Waals surface area contributed by atoms with Crippen molar-refractivity contribution in [3.8, 4) is 5.88 Å². The van der Waals surface area contributed by atoms with E-state index in [9.17, 15) is 4.79 Å². The lowest BCUT2D eigenvalue weighted by Gasteiger charge is -2.23. The fraction of sp³-hybridized carbons (Fsp3) is 0.526. The molecule has 2 aromatic rings. The van der Waals surface area contributed by atoms with Crippen LogP contribution in [0, 0.1) is 0 Å². The van der Waals surface area contributed by atoms with Gasteiger partial charge in [-0.15, -0.1) is 11.3 Å². The van der Waals surface area contributed by atoms with Crippen molar-refractivity contribution in [1.82, 2.24) is 19.8 Å². The Balaban J connectivity index is 1.62. The number of pyridine rings is 1. The summed E-state index contributed by atoms with van der Waals surface area (Å²) in [5, 5.41) is 3.19. The van der Waals surface area contributed by atoms with Crippen LogP contribution in [0.2, 0.25) is 0 Å². The molecule has 1 amide bonds. The molecule has 6 nitrogen and oxygen atoms in total. The fourth-order valence-electron chi connectivity index (χ4n) is 3.89. The number of likely N-dealkylation sites (tertiary alicyclic amines) is 1. The van der Waals surface area contributed by atoms with Gasteiger partial charge in [0, 0.05) is 29.7 Å². The summed E-state index contributed by atoms with van der Waals surface area (Å²) in [6.45, 7) is 6.38. The summed E-state index contributed by atoms with van der Waals surface area (Å²) in [7, 11) is 1.65. The summed E-state index contributed by atoms with van der Waals surface area (Å²) in [6, 6.07) is 2.50. The van der Waals surface area contributed by atoms with Crippen molar-refractivity contribution in [3.63, 3.8) is 0 Å². The quantitative estimate of drug-likeness (QED) is 0.806. The van der Waals surface area contributed by atoms with E-state index in [4.69, 9.17) is 4.74 Å². The Bertz CT molecular complexity index is 806. The number of nitrogens with zero attached hydrogens (tertiary/aromatic N) is 4. The van der Waals surface area contributed by atoms with E-state index < -0.39 is 0 Å². The molecule has 4 rings (SSSR count). The van der Waals surface area contributed by atoms with E-state index >= 15 is 0 Å². The summed E-state index contributed by atoms with van der Waals surface area (Å²) in [6.07, 6.45) is 4.15. The Morgan fingerprint density at radius 2 is 2.27 bits per heavy atom. The minimum Gasteiger partial charge on any atom is -0.481 e. The molecule has 0 spiro atoms. The van der Waals surface area contributed by atoms with Gasteiger partial charge in [0.25, 0.3) is 5.91 Å². The van der Waals surface area contributed by atoms with Gasteiger partial charge in [-0.3, -0.25) is 9.69 Å². The number of amides is 1. The number of carbonyl (C=O) groups is 1. The largest absolute Gasteiger partial charge is 0.481 e. The van der Waals surface area contributed by atoms with Crippen LogP contribution in [0.5, 0.6) is 5.88 Å². The van der Waals surface area contributed by atoms with Crippen molar-refractivity contribution in [2.24, 2.45) is 0 Å². The van der Waals surface area contributed by atoms with Gasteiger partial charge in [-0.05, 0) is 39.3 Å². The molecule has 1 saturated heterocycles. The lowest BCUT2D eigenvalue weighted by Crippen LogP contribution is -2.30. The molecule has 0 radical (unpaired) electrons. The third-order valence-electron chi connectivity index (χ3n) is 5.24. The Kier molecular flexibility index (Phi) is 4.67. The molecule has 2 aromatic heterocycles. The SMILES string of the molecule is COc1nc2c(cc1CN1CCCC1c1nccs1)C(=O)N(C(C)C)C2. The van der Waals surface area contributed by atoms with Gasteiger partial charge in [0.05, 0.1) is 31.0 Å². The summed E-state index contributed by atoms with van der Waals surface area (Å²) in [4.78, 5) is 26.1. The molecular weight excluding hydrogens is 348 g/mol. The van der Waals surface area contributed by atoms with Crippen LogP contribution in [-0.4, -0.2) is 45.4 Å². The van der Waals surface area contributed by atoms with Gasteiger partial charge in [0.15, 0.2) is 0 Å². The van der Waals surface area contributed by atoms with Crippen LogP contribution in [0.15, 0.2) is 17.6 Å². The number of thiazole rings is 1. The number of aromatic nitrogens is 2. The second kappa shape index (κ2) is 6.96. The zero-order chi connectivity index (χ0) is 18.3. The maximum Gasteiger partial charge on any atom is 0.256 e. The average molecular weight is 372 g/mol. The lowest BCUT2D eigenvalue weighted by atomic mass is 10.1. The van der Waals surface area contributed by atoms with Gasteiger partial charge in [-0.2, -0.15) is 0 Å². The zero-order valence-corrected chi connectivity index (χ0v) is 16.3. The average Bonchev–Trinajstić information content (AvgIpc) is 3.35. The van der Waals surface area contributed by atoms with Crippen molar-refractivity contribution in [3.05, 3.63) is 39.5 Å². The predicted octanol–water partition coefficient (Wildman–Crippen LogP) is 3.25. The monoisotopic (exact) mass is 372 g/mol. The number of methoxy groups -OCH3 is 1. The normalized spacial score (nSPS) is 20.2. The molecule has 7 heteroatoms. The van der Waals surface area contributed by atoms with Gasteiger partial charge >= 0.3 is 0 Å². The number of rotatable bonds is 5. The molecule has 0 saturated carbocycles. The number of hydrogen-bond donors (Lipinski definition) is 0. The predicted molar refractivity (Wildman–Crippen MR) is 100 cm³/mol. The van der Waals surface area contributed by atoms with Crippen LogP contribution in [-0.2, 0) is 13.1 Å². The van der Waals surface area contributed by atoms with E-state index in [1.165, 1.54) is 0 Å². The minimum atomic E-state index is 0.0734. The molecular formula is C19H24N4O2S. The standard InChI is InChI=1S/C19H24N4O2S/c1-12(2)23-11-15-14(19(23)24)9-13(17(21-15)25-3)10-22-7-4-5-16(22)18-20-6-8-26-18/h6,8-9,12,16H,4-5,7,10-11H2,1-3H3. The highest BCUT2D eigenvalue weighted by Crippen LogP contribution is 2.36. The molecule has 0 bridgehead atoms. The number of carbonyl (C=O) groups excluding carboxylic acids is 1. The van der Waals surface area contributed by atoms with Crippen molar-refractivity contribution in [2.75, 3.05) is 13.7 Å². The van der Waals surface area contributed by atoms with E-state index in [-0.39, 0.29) is 11.9 Å². The maximum absolute atomic E-state index is 12.7. The molecule has 26 heavy (non-hydrogen) atoms. The Hall–Kier alpha value is -1.99. The highest BCUT2D eigenvalue weighted by Gasteiger charge is 2.33. The van der Waals surface area contributed by atoms with Gasteiger partial charge in [-0.1, -0.05) is 0 Å². The fourth-order valence-corrected chi connectivity index (χ4v) is 4.69. The molecule has 0 N–H and O–H groups in total. The van der Waals surface area contributed by atoms with Crippen LogP contribution in [0.25, 0.3) is 0 Å². The topological polar surface area (TPSA) is 58.6 Å². The van der Waals surface area contributed by atoms with Gasteiger partial charge in [0.2, 0.25) is 5.88 Å². The van der Waals surface area contributed by atoms with Crippen molar-refractivity contribution in [2.45, 2.75) is 51.9 Å². The molecule has 4 heterocycles. The zero-order valence-electron chi connectivity index (χ0n) is 15.4. The van der Waals surface area contributed by atoms with Crippen molar-refractivity contribution in [1.29, 1.82) is 0 Å². The van der Waals surface area contributed by atoms with Crippen LogP contribution < -0.4 is 4.74 Å². The van der Waals surface area contributed by atoms with Crippen LogP contribution in [0.4, 0.5) is 0 Å². The molecule has 1 unspecified atom stereocenters. The highest BCUT2D eigenvalue weighted by molar-refractivity contribution is 7.09. The van der Waals surface area contributed by atoms with Crippen molar-refractivity contribution >= 4 is 17.2 Å². The lowest BCUT2D eigenvalue weighted by molar-refractivity contribution is 0.0730. The molecule has 1 fully saturated rings. The second-order valence-electron chi connectivity index (χ2n) is 7.18. The van der Waals surface area contributed by atoms with Gasteiger partial charge in [-0.25, -0.2) is 9.97 Å². The van der Waals surface area contributed by atoms with E-state index in [0.717, 1.165) is 47.8 Å². The molecule has 2 aliphatic rings. The molecule has 2 aliphatic heterocycles. The Labute approximate surface area is 157 Å². The summed E-state index contributed by atoms with van der Waals surface area (Å²) >= 11 is 1.71. The van der Waals surface area contributed by atoms with Crippen LogP contribution in [0.3, 0.4) is 0 Å². The smallest absolute Gasteiger partial charge is 0.256 e. The molecule has 1 atom stereocenters. The number of ether oxygens (including phenoxy) is 1. The van der Waals surface area contributed by atoms with Crippen molar-refractivity contribution < 1.29 is 9.53 Å². The number of hydrogen-bond acceptors (Lipinski definition) is 6. The first-order valence-electron chi connectivity index (χ1n) is 9.09. The van der Waals surface area contributed by atoms with Gasteiger partial charge in [0.1, 0.15) is 5.01 Å². The molecule has 0 aromatic carbocycles. The molecule has 0 aliphatic carbocycles. The van der Waals surface area contributed by atoms with E-state index in [2.05, 4.69) is 14.9 Å². The summed E-state index contributed by atoms with van der Waals surface area (Å²) in [5.41, 5.74) is 2.52. The van der Waals surface area contributed by atoms with E-state index in [1.54, 1.807) is 18.4 Å². The molecule has 138 valence electrons. The highest BCUT2D eigenvalue weighted by atomic mass is 32.1. The summed E-state index contributed by atoms with van der Waals surface area (Å²) < 4.78 is 5.56. The van der Waals surface area contributed by atoms with Crippen LogP contribution >= 0.6 is 11.3 Å². The Morgan fingerprint density at radius 1 is 1.42 bits per heavy atom. The number of fused-ring (bicyclic) bond motifs is 1. The van der Waals surface area contributed by atoms with Gasteiger partial charge < -0.3 is 9.64 Å². The van der Waals surface area contributed by atoms with E-state index in [0.29, 0.717) is 18.5 Å². The first-order valence-corrected chi connectivity index (χ1v) is 9.97. The first kappa shape index (κ1) is 17.4. The first-order chi connectivity index (χ1) is 12.6.